The fraction of sp³-hybridized carbons (Fsp3) is 0.714. The number of allylic oxidation sites excluding steroid dienone is 2. The van der Waals surface area contributed by atoms with E-state index >= 15 is 0 Å². The van der Waals surface area contributed by atoms with Gasteiger partial charge in [0.15, 0.2) is 0 Å². The molecular formula is C14H23N3. The first-order valence-electron chi connectivity index (χ1n) is 6.30. The highest BCUT2D eigenvalue weighted by molar-refractivity contribution is 5.20. The molecule has 0 bridgehead atoms. The maximum Gasteiger partial charge on any atom is 0.117 e. The lowest BCUT2D eigenvalue weighted by Gasteiger charge is -2.32. The molecule has 94 valence electrons. The van der Waals surface area contributed by atoms with Crippen molar-refractivity contribution in [3.8, 4) is 12.1 Å². The summed E-state index contributed by atoms with van der Waals surface area (Å²) in [5.41, 5.74) is 0.756. The molecule has 0 saturated heterocycles. The molecule has 0 radical (unpaired) electrons. The molecule has 0 spiro atoms. The van der Waals surface area contributed by atoms with Crippen LogP contribution in [-0.4, -0.2) is 17.0 Å². The molecule has 0 rings (SSSR count). The zero-order chi connectivity index (χ0) is 13.3. The topological polar surface area (TPSA) is 50.8 Å². The molecule has 0 fully saturated rings. The number of nitriles is 2. The molecule has 0 aromatic carbocycles. The summed E-state index contributed by atoms with van der Waals surface area (Å²) in [5, 5.41) is 17.6. The van der Waals surface area contributed by atoms with Crippen molar-refractivity contribution in [3.63, 3.8) is 0 Å². The molecule has 3 heteroatoms. The minimum atomic E-state index is 0.333. The molecule has 0 N–H and O–H groups in total. The summed E-state index contributed by atoms with van der Waals surface area (Å²) in [4.78, 5) is 2.13. The van der Waals surface area contributed by atoms with Gasteiger partial charge in [0.2, 0.25) is 0 Å². The smallest absolute Gasteiger partial charge is 0.117 e. The van der Waals surface area contributed by atoms with Crippen molar-refractivity contribution in [1.29, 1.82) is 10.5 Å². The van der Waals surface area contributed by atoms with Gasteiger partial charge in [-0.3, -0.25) is 0 Å². The van der Waals surface area contributed by atoms with Crippen LogP contribution in [0.25, 0.3) is 0 Å². The summed E-state index contributed by atoms with van der Waals surface area (Å²) in [6.45, 7) is 8.39. The Bertz CT molecular complexity index is 307. The van der Waals surface area contributed by atoms with Crippen molar-refractivity contribution in [2.24, 2.45) is 0 Å². The first kappa shape index (κ1) is 15.5. The molecule has 3 nitrogen and oxygen atoms in total. The third kappa shape index (κ3) is 5.97. The first-order chi connectivity index (χ1) is 8.04. The lowest BCUT2D eigenvalue weighted by molar-refractivity contribution is 0.240. The van der Waals surface area contributed by atoms with Gasteiger partial charge in [0.25, 0.3) is 0 Å². The maximum absolute atomic E-state index is 9.18. The second-order valence-electron chi connectivity index (χ2n) is 4.70. The highest BCUT2D eigenvalue weighted by Crippen LogP contribution is 2.15. The Labute approximate surface area is 105 Å². The molecule has 0 aromatic rings. The Morgan fingerprint density at radius 2 is 1.71 bits per heavy atom. The lowest BCUT2D eigenvalue weighted by Crippen LogP contribution is -2.35. The van der Waals surface area contributed by atoms with Gasteiger partial charge in [0, 0.05) is 18.5 Å². The summed E-state index contributed by atoms with van der Waals surface area (Å²) >= 11 is 0. The van der Waals surface area contributed by atoms with Gasteiger partial charge in [-0.2, -0.15) is 10.5 Å². The number of unbranched alkanes of at least 4 members (excludes halogenated alkanes) is 3. The standard InChI is InChI=1S/C14H23N3/c1-12(2)17(13(3)4)14(11-16)9-7-5-6-8-10-15/h9,12-13H,5-8H2,1-4H3/b14-9+. The Balaban J connectivity index is 4.44. The van der Waals surface area contributed by atoms with Crippen LogP contribution in [0.2, 0.25) is 0 Å². The zero-order valence-electron chi connectivity index (χ0n) is 11.4. The van der Waals surface area contributed by atoms with E-state index in [1.807, 2.05) is 6.08 Å². The SMILES string of the molecule is CC(C)N(/C(C#N)=C/CCCCC#N)C(C)C. The van der Waals surface area contributed by atoms with Crippen LogP contribution in [0.1, 0.15) is 53.4 Å². The van der Waals surface area contributed by atoms with Gasteiger partial charge in [-0.05, 0) is 47.0 Å². The van der Waals surface area contributed by atoms with E-state index in [9.17, 15) is 5.26 Å². The third-order valence-electron chi connectivity index (χ3n) is 2.59. The largest absolute Gasteiger partial charge is 0.358 e. The summed E-state index contributed by atoms with van der Waals surface area (Å²) in [7, 11) is 0. The Morgan fingerprint density at radius 3 is 2.12 bits per heavy atom. The number of nitrogens with zero attached hydrogens (tertiary/aromatic N) is 3. The molecule has 0 unspecified atom stereocenters. The van der Waals surface area contributed by atoms with Gasteiger partial charge >= 0.3 is 0 Å². The normalized spacial score (nSPS) is 11.4. The molecule has 0 aliphatic heterocycles. The number of rotatable bonds is 7. The molecular weight excluding hydrogens is 210 g/mol. The second kappa shape index (κ2) is 8.65. The van der Waals surface area contributed by atoms with Crippen molar-refractivity contribution in [1.82, 2.24) is 4.90 Å². The fourth-order valence-corrected chi connectivity index (χ4v) is 1.95. The molecule has 0 aliphatic carbocycles. The number of hydrogen-bond donors (Lipinski definition) is 0. The van der Waals surface area contributed by atoms with E-state index in [-0.39, 0.29) is 0 Å². The highest BCUT2D eigenvalue weighted by Gasteiger charge is 2.15. The van der Waals surface area contributed by atoms with Gasteiger partial charge in [-0.1, -0.05) is 6.08 Å². The summed E-state index contributed by atoms with van der Waals surface area (Å²) in [5.74, 6) is 0. The van der Waals surface area contributed by atoms with Crippen molar-refractivity contribution >= 4 is 0 Å². The van der Waals surface area contributed by atoms with Crippen LogP contribution in [0, 0.1) is 22.7 Å². The van der Waals surface area contributed by atoms with Crippen molar-refractivity contribution in [2.45, 2.75) is 65.5 Å². The molecule has 0 aromatic heterocycles. The lowest BCUT2D eigenvalue weighted by atomic mass is 10.1. The van der Waals surface area contributed by atoms with Crippen LogP contribution in [0.15, 0.2) is 11.8 Å². The van der Waals surface area contributed by atoms with E-state index < -0.39 is 0 Å². The van der Waals surface area contributed by atoms with E-state index in [1.165, 1.54) is 0 Å². The van der Waals surface area contributed by atoms with E-state index in [1.54, 1.807) is 0 Å². The van der Waals surface area contributed by atoms with E-state index in [2.05, 4.69) is 44.7 Å². The van der Waals surface area contributed by atoms with Gasteiger partial charge < -0.3 is 4.90 Å². The summed E-state index contributed by atoms with van der Waals surface area (Å²) in [6.07, 6.45) is 5.36. The molecule has 17 heavy (non-hydrogen) atoms. The van der Waals surface area contributed by atoms with E-state index in [0.29, 0.717) is 18.5 Å². The van der Waals surface area contributed by atoms with Crippen LogP contribution >= 0.6 is 0 Å². The predicted molar refractivity (Wildman–Crippen MR) is 69.9 cm³/mol. The molecule has 0 saturated carbocycles. The maximum atomic E-state index is 9.18. The Hall–Kier alpha value is -1.48. The minimum absolute atomic E-state index is 0.333. The molecule has 0 aliphatic rings. The monoisotopic (exact) mass is 233 g/mol. The van der Waals surface area contributed by atoms with Crippen molar-refractivity contribution in [2.75, 3.05) is 0 Å². The van der Waals surface area contributed by atoms with Crippen LogP contribution in [0.4, 0.5) is 0 Å². The quantitative estimate of drug-likeness (QED) is 0.498. The average Bonchev–Trinajstić information content (AvgIpc) is 2.25. The van der Waals surface area contributed by atoms with Crippen LogP contribution in [0.3, 0.4) is 0 Å². The van der Waals surface area contributed by atoms with E-state index in [0.717, 1.165) is 25.0 Å². The third-order valence-corrected chi connectivity index (χ3v) is 2.59. The van der Waals surface area contributed by atoms with Crippen molar-refractivity contribution in [3.05, 3.63) is 11.8 Å². The first-order valence-corrected chi connectivity index (χ1v) is 6.30. The predicted octanol–water partition coefficient (Wildman–Crippen LogP) is 3.60. The molecule has 0 atom stereocenters. The fourth-order valence-electron chi connectivity index (χ4n) is 1.95. The molecule has 0 heterocycles. The van der Waals surface area contributed by atoms with Gasteiger partial charge in [-0.25, -0.2) is 0 Å². The van der Waals surface area contributed by atoms with E-state index in [4.69, 9.17) is 5.26 Å². The number of hydrogen-bond acceptors (Lipinski definition) is 3. The Morgan fingerprint density at radius 1 is 1.12 bits per heavy atom. The van der Waals surface area contributed by atoms with Gasteiger partial charge in [0.1, 0.15) is 11.8 Å². The average molecular weight is 233 g/mol. The van der Waals surface area contributed by atoms with Crippen LogP contribution < -0.4 is 0 Å². The Kier molecular flexibility index (Phi) is 7.89. The van der Waals surface area contributed by atoms with Crippen LogP contribution in [0.5, 0.6) is 0 Å². The minimum Gasteiger partial charge on any atom is -0.358 e. The van der Waals surface area contributed by atoms with Gasteiger partial charge in [0.05, 0.1) is 6.07 Å². The molecule has 0 amide bonds. The zero-order valence-corrected chi connectivity index (χ0v) is 11.4. The highest BCUT2D eigenvalue weighted by atomic mass is 15.2. The van der Waals surface area contributed by atoms with Crippen molar-refractivity contribution < 1.29 is 0 Å². The van der Waals surface area contributed by atoms with Crippen LogP contribution in [-0.2, 0) is 0 Å². The van der Waals surface area contributed by atoms with Gasteiger partial charge in [-0.15, -0.1) is 0 Å². The summed E-state index contributed by atoms with van der Waals surface area (Å²) < 4.78 is 0. The second-order valence-corrected chi connectivity index (χ2v) is 4.70. The summed E-state index contributed by atoms with van der Waals surface area (Å²) in [6, 6.07) is 5.08.